The molecule has 2 aliphatic rings. The molecule has 0 bridgehead atoms. The third kappa shape index (κ3) is 5.72. The molecule has 156 valence electrons. The van der Waals surface area contributed by atoms with Gasteiger partial charge in [0.05, 0.1) is 18.6 Å². The Morgan fingerprint density at radius 2 is 1.90 bits per heavy atom. The summed E-state index contributed by atoms with van der Waals surface area (Å²) in [6, 6.07) is 5.40. The number of rotatable bonds is 6. The highest BCUT2D eigenvalue weighted by molar-refractivity contribution is 5.56. The van der Waals surface area contributed by atoms with E-state index in [1.807, 2.05) is 12.1 Å². The fraction of sp³-hybridized carbons (Fsp3) is 0.591. The van der Waals surface area contributed by atoms with Gasteiger partial charge in [0, 0.05) is 63.4 Å². The van der Waals surface area contributed by atoms with E-state index >= 15 is 0 Å². The highest BCUT2D eigenvalue weighted by Gasteiger charge is 2.21. The van der Waals surface area contributed by atoms with Crippen LogP contribution in [0.4, 0.5) is 0 Å². The monoisotopic (exact) mass is 397 g/mol. The highest BCUT2D eigenvalue weighted by Crippen LogP contribution is 2.19. The number of pyridine rings is 1. The van der Waals surface area contributed by atoms with Gasteiger partial charge < -0.3 is 9.64 Å². The van der Waals surface area contributed by atoms with Crippen LogP contribution in [0.5, 0.6) is 0 Å². The Hall–Kier alpha value is -2.09. The summed E-state index contributed by atoms with van der Waals surface area (Å²) in [5.74, 6) is 0.543. The third-order valence-corrected chi connectivity index (χ3v) is 6.05. The van der Waals surface area contributed by atoms with Crippen LogP contribution in [0.3, 0.4) is 0 Å². The van der Waals surface area contributed by atoms with Crippen molar-refractivity contribution in [2.45, 2.75) is 25.8 Å². The molecule has 0 atom stereocenters. The standard InChI is InChI=1S/C22H31N5O2/c28-22-15-21(20-3-1-6-23-16-20)24-18-27(22)17-19-4-8-26(9-5-19)11-10-25-7-2-13-29-14-12-25/h1,3,6,15-16,18-19H,2,4-5,7-14,17H2. The number of hydrogen-bond donors (Lipinski definition) is 0. The van der Waals surface area contributed by atoms with Crippen LogP contribution in [0.1, 0.15) is 19.3 Å². The van der Waals surface area contributed by atoms with Gasteiger partial charge in [0.15, 0.2) is 0 Å². The van der Waals surface area contributed by atoms with Crippen molar-refractivity contribution in [3.05, 3.63) is 47.3 Å². The molecule has 0 radical (unpaired) electrons. The molecule has 0 aliphatic carbocycles. The predicted octanol–water partition coefficient (Wildman–Crippen LogP) is 1.74. The van der Waals surface area contributed by atoms with Crippen LogP contribution in [0.2, 0.25) is 0 Å². The molecule has 7 nitrogen and oxygen atoms in total. The quantitative estimate of drug-likeness (QED) is 0.740. The van der Waals surface area contributed by atoms with Crippen LogP contribution in [0.15, 0.2) is 41.7 Å². The van der Waals surface area contributed by atoms with E-state index in [0.29, 0.717) is 11.6 Å². The number of piperidine rings is 1. The van der Waals surface area contributed by atoms with Gasteiger partial charge in [-0.3, -0.25) is 19.2 Å². The molecule has 0 spiro atoms. The van der Waals surface area contributed by atoms with Crippen molar-refractivity contribution in [3.8, 4) is 11.3 Å². The SMILES string of the molecule is O=c1cc(-c2cccnc2)ncn1CC1CCN(CCN2CCCOCC2)CC1. The first-order chi connectivity index (χ1) is 14.3. The Bertz CT molecular complexity index is 809. The molecule has 4 heterocycles. The summed E-state index contributed by atoms with van der Waals surface area (Å²) in [7, 11) is 0. The maximum atomic E-state index is 12.5. The average molecular weight is 398 g/mol. The lowest BCUT2D eigenvalue weighted by molar-refractivity contribution is 0.130. The van der Waals surface area contributed by atoms with Gasteiger partial charge in [0.2, 0.25) is 0 Å². The van der Waals surface area contributed by atoms with Crippen molar-refractivity contribution < 1.29 is 4.74 Å². The zero-order valence-corrected chi connectivity index (χ0v) is 17.1. The molecule has 2 aromatic heterocycles. The molecule has 0 saturated carbocycles. The van der Waals surface area contributed by atoms with E-state index in [2.05, 4.69) is 19.8 Å². The number of ether oxygens (including phenoxy) is 1. The summed E-state index contributed by atoms with van der Waals surface area (Å²) < 4.78 is 7.30. The van der Waals surface area contributed by atoms with Crippen LogP contribution < -0.4 is 5.56 Å². The van der Waals surface area contributed by atoms with Gasteiger partial charge in [-0.2, -0.15) is 0 Å². The molecule has 0 aromatic carbocycles. The normalized spacial score (nSPS) is 19.9. The van der Waals surface area contributed by atoms with Gasteiger partial charge in [-0.15, -0.1) is 0 Å². The minimum Gasteiger partial charge on any atom is -0.380 e. The highest BCUT2D eigenvalue weighted by atomic mass is 16.5. The number of hydrogen-bond acceptors (Lipinski definition) is 6. The van der Waals surface area contributed by atoms with Crippen LogP contribution in [0, 0.1) is 5.92 Å². The number of nitrogens with zero attached hydrogens (tertiary/aromatic N) is 5. The topological polar surface area (TPSA) is 63.5 Å². The Balaban J connectivity index is 1.25. The molecule has 7 heteroatoms. The lowest BCUT2D eigenvalue weighted by atomic mass is 9.96. The van der Waals surface area contributed by atoms with Crippen molar-refractivity contribution >= 4 is 0 Å². The van der Waals surface area contributed by atoms with Crippen LogP contribution in [-0.4, -0.2) is 76.8 Å². The average Bonchev–Trinajstić information content (AvgIpc) is 3.04. The zero-order chi connectivity index (χ0) is 19.9. The fourth-order valence-corrected chi connectivity index (χ4v) is 4.21. The summed E-state index contributed by atoms with van der Waals surface area (Å²) in [6.07, 6.45) is 8.57. The first-order valence-electron chi connectivity index (χ1n) is 10.8. The molecule has 0 amide bonds. The minimum atomic E-state index is 0.0182. The molecule has 0 unspecified atom stereocenters. The molecule has 4 rings (SSSR count). The molecule has 2 saturated heterocycles. The van der Waals surface area contributed by atoms with E-state index in [0.717, 1.165) is 83.9 Å². The molecule has 2 fully saturated rings. The van der Waals surface area contributed by atoms with Gasteiger partial charge >= 0.3 is 0 Å². The van der Waals surface area contributed by atoms with Crippen molar-refractivity contribution in [2.24, 2.45) is 5.92 Å². The summed E-state index contributed by atoms with van der Waals surface area (Å²) in [5.41, 5.74) is 1.58. The summed E-state index contributed by atoms with van der Waals surface area (Å²) in [6.45, 7) is 9.24. The largest absolute Gasteiger partial charge is 0.380 e. The van der Waals surface area contributed by atoms with E-state index in [-0.39, 0.29) is 5.56 Å². The first kappa shape index (κ1) is 20.2. The van der Waals surface area contributed by atoms with Crippen LogP contribution in [-0.2, 0) is 11.3 Å². The Morgan fingerprint density at radius 3 is 2.66 bits per heavy atom. The second-order valence-electron chi connectivity index (χ2n) is 8.10. The number of aromatic nitrogens is 3. The molecular weight excluding hydrogens is 366 g/mol. The maximum absolute atomic E-state index is 12.5. The van der Waals surface area contributed by atoms with E-state index in [1.54, 1.807) is 29.4 Å². The summed E-state index contributed by atoms with van der Waals surface area (Å²) in [5, 5.41) is 0. The predicted molar refractivity (Wildman–Crippen MR) is 113 cm³/mol. The van der Waals surface area contributed by atoms with Crippen LogP contribution >= 0.6 is 0 Å². The maximum Gasteiger partial charge on any atom is 0.253 e. The first-order valence-corrected chi connectivity index (χ1v) is 10.8. The molecular formula is C22H31N5O2. The van der Waals surface area contributed by atoms with E-state index < -0.39 is 0 Å². The molecule has 29 heavy (non-hydrogen) atoms. The summed E-state index contributed by atoms with van der Waals surface area (Å²) in [4.78, 5) is 26.2. The van der Waals surface area contributed by atoms with Crippen molar-refractivity contribution in [1.29, 1.82) is 0 Å². The molecule has 2 aromatic rings. The van der Waals surface area contributed by atoms with E-state index in [9.17, 15) is 4.79 Å². The van der Waals surface area contributed by atoms with Crippen molar-refractivity contribution in [2.75, 3.05) is 52.5 Å². The van der Waals surface area contributed by atoms with Crippen molar-refractivity contribution in [3.63, 3.8) is 0 Å². The fourth-order valence-electron chi connectivity index (χ4n) is 4.21. The lowest BCUT2D eigenvalue weighted by Gasteiger charge is -2.33. The van der Waals surface area contributed by atoms with E-state index in [4.69, 9.17) is 4.74 Å². The minimum absolute atomic E-state index is 0.0182. The summed E-state index contributed by atoms with van der Waals surface area (Å²) >= 11 is 0. The Morgan fingerprint density at radius 1 is 1.07 bits per heavy atom. The van der Waals surface area contributed by atoms with Gasteiger partial charge in [0.25, 0.3) is 5.56 Å². The van der Waals surface area contributed by atoms with Crippen molar-refractivity contribution in [1.82, 2.24) is 24.3 Å². The van der Waals surface area contributed by atoms with Gasteiger partial charge in [-0.25, -0.2) is 4.98 Å². The van der Waals surface area contributed by atoms with Gasteiger partial charge in [-0.05, 0) is 50.4 Å². The van der Waals surface area contributed by atoms with Gasteiger partial charge in [-0.1, -0.05) is 0 Å². The zero-order valence-electron chi connectivity index (χ0n) is 17.1. The smallest absolute Gasteiger partial charge is 0.253 e. The van der Waals surface area contributed by atoms with Gasteiger partial charge in [0.1, 0.15) is 0 Å². The molecule has 0 N–H and O–H groups in total. The third-order valence-electron chi connectivity index (χ3n) is 6.05. The van der Waals surface area contributed by atoms with E-state index in [1.165, 1.54) is 0 Å². The second kappa shape index (κ2) is 10.1. The Labute approximate surface area is 172 Å². The molecule has 2 aliphatic heterocycles. The van der Waals surface area contributed by atoms with Crippen LogP contribution in [0.25, 0.3) is 11.3 Å². The second-order valence-corrected chi connectivity index (χ2v) is 8.10. The Kier molecular flexibility index (Phi) is 7.03. The lowest BCUT2D eigenvalue weighted by Crippen LogP contribution is -2.41. The number of likely N-dealkylation sites (tertiary alicyclic amines) is 1.